The van der Waals surface area contributed by atoms with Crippen LogP contribution in [0.1, 0.15) is 34.8 Å². The van der Waals surface area contributed by atoms with Gasteiger partial charge in [0.15, 0.2) is 0 Å². The van der Waals surface area contributed by atoms with E-state index < -0.39 is 0 Å². The Bertz CT molecular complexity index is 731. The number of carbonyl (C=O) groups excluding carboxylic acids is 1. The minimum atomic E-state index is -0.0302. The molecule has 1 saturated heterocycles. The van der Waals surface area contributed by atoms with Crippen LogP contribution in [0.4, 0.5) is 0 Å². The lowest BCUT2D eigenvalue weighted by molar-refractivity contribution is 0.0633. The van der Waals surface area contributed by atoms with Gasteiger partial charge in [-0.25, -0.2) is 4.98 Å². The molecule has 2 aliphatic heterocycles. The largest absolute Gasteiger partial charge is 0.472 e. The molecule has 0 aliphatic carbocycles. The fourth-order valence-corrected chi connectivity index (χ4v) is 3.75. The van der Waals surface area contributed by atoms with Crippen molar-refractivity contribution in [2.75, 3.05) is 39.8 Å². The summed E-state index contributed by atoms with van der Waals surface area (Å²) in [6.07, 6.45) is 5.03. The average molecular weight is 343 g/mol. The van der Waals surface area contributed by atoms with Crippen LogP contribution >= 0.6 is 0 Å². The van der Waals surface area contributed by atoms with E-state index in [-0.39, 0.29) is 11.9 Å². The first-order valence-corrected chi connectivity index (χ1v) is 8.92. The van der Waals surface area contributed by atoms with Crippen LogP contribution in [0.2, 0.25) is 0 Å². The fourth-order valence-electron chi connectivity index (χ4n) is 3.75. The number of fused-ring (bicyclic) bond motifs is 1. The van der Waals surface area contributed by atoms with E-state index in [2.05, 4.69) is 33.3 Å². The summed E-state index contributed by atoms with van der Waals surface area (Å²) in [5.41, 5.74) is 1.85. The first kappa shape index (κ1) is 16.4. The number of hydrogen-bond donors (Lipinski definition) is 0. The van der Waals surface area contributed by atoms with Gasteiger partial charge < -0.3 is 18.8 Å². The van der Waals surface area contributed by atoms with Crippen molar-refractivity contribution in [2.45, 2.75) is 26.1 Å². The molecule has 0 N–H and O–H groups in total. The minimum Gasteiger partial charge on any atom is -0.472 e. The Morgan fingerprint density at radius 2 is 2.04 bits per heavy atom. The normalized spacial score (nSPS) is 22.2. The zero-order valence-corrected chi connectivity index (χ0v) is 14.9. The van der Waals surface area contributed by atoms with Crippen molar-refractivity contribution < 1.29 is 9.21 Å². The van der Waals surface area contributed by atoms with Crippen molar-refractivity contribution in [2.24, 2.45) is 0 Å². The van der Waals surface area contributed by atoms with Crippen molar-refractivity contribution in [3.8, 4) is 0 Å². The topological polar surface area (TPSA) is 57.8 Å². The van der Waals surface area contributed by atoms with Gasteiger partial charge in [0.2, 0.25) is 0 Å². The summed E-state index contributed by atoms with van der Waals surface area (Å²) in [5, 5.41) is 0. The second-order valence-electron chi connectivity index (χ2n) is 7.03. The van der Waals surface area contributed by atoms with E-state index in [0.717, 1.165) is 45.1 Å². The molecule has 2 aromatic heterocycles. The lowest BCUT2D eigenvalue weighted by Gasteiger charge is -2.35. The summed E-state index contributed by atoms with van der Waals surface area (Å²) in [7, 11) is 2.17. The molecule has 1 atom stereocenters. The van der Waals surface area contributed by atoms with Crippen LogP contribution in [0.15, 0.2) is 29.2 Å². The van der Waals surface area contributed by atoms with Crippen molar-refractivity contribution in [1.82, 2.24) is 24.3 Å². The van der Waals surface area contributed by atoms with E-state index in [9.17, 15) is 4.79 Å². The van der Waals surface area contributed by atoms with E-state index in [0.29, 0.717) is 12.1 Å². The SMILES string of the molecule is CC1c2ncc(CN3CCN(C)CC3)n2CCN1C(=O)c1ccoc1. The quantitative estimate of drug-likeness (QED) is 0.844. The second kappa shape index (κ2) is 6.65. The second-order valence-corrected chi connectivity index (χ2v) is 7.03. The molecule has 4 rings (SSSR count). The molecular weight excluding hydrogens is 318 g/mol. The minimum absolute atomic E-state index is 0.0103. The average Bonchev–Trinajstić information content (AvgIpc) is 3.27. The van der Waals surface area contributed by atoms with Gasteiger partial charge in [-0.1, -0.05) is 0 Å². The molecule has 1 fully saturated rings. The monoisotopic (exact) mass is 343 g/mol. The Morgan fingerprint density at radius 3 is 2.76 bits per heavy atom. The highest BCUT2D eigenvalue weighted by Crippen LogP contribution is 2.27. The number of aromatic nitrogens is 2. The maximum absolute atomic E-state index is 12.7. The number of nitrogens with zero attached hydrogens (tertiary/aromatic N) is 5. The highest BCUT2D eigenvalue weighted by Gasteiger charge is 2.31. The molecule has 0 bridgehead atoms. The van der Waals surface area contributed by atoms with Crippen LogP contribution in [0.3, 0.4) is 0 Å². The van der Waals surface area contributed by atoms with Gasteiger partial charge in [-0.05, 0) is 20.0 Å². The molecule has 1 amide bonds. The Kier molecular flexibility index (Phi) is 4.35. The summed E-state index contributed by atoms with van der Waals surface area (Å²) in [6.45, 7) is 8.90. The third kappa shape index (κ3) is 3.09. The lowest BCUT2D eigenvalue weighted by Crippen LogP contribution is -2.45. The Labute approximate surface area is 147 Å². The smallest absolute Gasteiger partial charge is 0.257 e. The number of carbonyl (C=O) groups is 1. The van der Waals surface area contributed by atoms with E-state index in [1.807, 2.05) is 11.1 Å². The van der Waals surface area contributed by atoms with Crippen molar-refractivity contribution in [1.29, 1.82) is 0 Å². The van der Waals surface area contributed by atoms with Gasteiger partial charge in [-0.15, -0.1) is 0 Å². The number of hydrogen-bond acceptors (Lipinski definition) is 5. The molecule has 134 valence electrons. The maximum atomic E-state index is 12.7. The number of piperazine rings is 1. The molecule has 1 unspecified atom stereocenters. The molecule has 7 nitrogen and oxygen atoms in total. The van der Waals surface area contributed by atoms with Gasteiger partial charge in [-0.2, -0.15) is 0 Å². The van der Waals surface area contributed by atoms with Gasteiger partial charge in [0.1, 0.15) is 12.1 Å². The first-order chi connectivity index (χ1) is 12.1. The van der Waals surface area contributed by atoms with Crippen LogP contribution < -0.4 is 0 Å². The van der Waals surface area contributed by atoms with Crippen molar-refractivity contribution in [3.63, 3.8) is 0 Å². The number of likely N-dealkylation sites (N-methyl/N-ethyl adjacent to an activating group) is 1. The summed E-state index contributed by atoms with van der Waals surface area (Å²) in [6, 6.07) is 1.69. The molecule has 4 heterocycles. The molecule has 0 radical (unpaired) electrons. The number of imidazole rings is 1. The fraction of sp³-hybridized carbons (Fsp3) is 0.556. The summed E-state index contributed by atoms with van der Waals surface area (Å²) >= 11 is 0. The Morgan fingerprint density at radius 1 is 1.24 bits per heavy atom. The predicted molar refractivity (Wildman–Crippen MR) is 93.2 cm³/mol. The molecule has 0 saturated carbocycles. The van der Waals surface area contributed by atoms with Gasteiger partial charge in [0.05, 0.1) is 23.6 Å². The number of rotatable bonds is 3. The molecule has 2 aromatic rings. The molecule has 25 heavy (non-hydrogen) atoms. The highest BCUT2D eigenvalue weighted by molar-refractivity contribution is 5.94. The molecule has 0 aromatic carbocycles. The highest BCUT2D eigenvalue weighted by atomic mass is 16.3. The van der Waals surface area contributed by atoms with Crippen LogP contribution in [0, 0.1) is 0 Å². The third-order valence-corrected chi connectivity index (χ3v) is 5.39. The number of furan rings is 1. The predicted octanol–water partition coefficient (Wildman–Crippen LogP) is 1.44. The molecule has 2 aliphatic rings. The van der Waals surface area contributed by atoms with E-state index in [4.69, 9.17) is 4.42 Å². The zero-order valence-electron chi connectivity index (χ0n) is 14.9. The zero-order chi connectivity index (χ0) is 17.4. The standard InChI is InChI=1S/C18H25N5O2/c1-14-17-19-11-16(12-21-6-4-20(2)5-7-21)23(17)9-8-22(14)18(24)15-3-10-25-13-15/h3,10-11,13-14H,4-9,12H2,1-2H3. The summed E-state index contributed by atoms with van der Waals surface area (Å²) in [4.78, 5) is 24.0. The van der Waals surface area contributed by atoms with Crippen molar-refractivity contribution in [3.05, 3.63) is 41.9 Å². The van der Waals surface area contributed by atoms with Gasteiger partial charge in [-0.3, -0.25) is 9.69 Å². The van der Waals surface area contributed by atoms with Gasteiger partial charge >= 0.3 is 0 Å². The number of amides is 1. The van der Waals surface area contributed by atoms with Crippen molar-refractivity contribution >= 4 is 5.91 Å². The van der Waals surface area contributed by atoms with Gasteiger partial charge in [0, 0.05) is 52.0 Å². The van der Waals surface area contributed by atoms with Crippen LogP contribution in [0.5, 0.6) is 0 Å². The van der Waals surface area contributed by atoms with Crippen LogP contribution in [-0.2, 0) is 13.1 Å². The van der Waals surface area contributed by atoms with E-state index in [1.165, 1.54) is 18.2 Å². The van der Waals surface area contributed by atoms with Crippen LogP contribution in [0.25, 0.3) is 0 Å². The Hall–Kier alpha value is -2.12. The van der Waals surface area contributed by atoms with E-state index in [1.54, 1.807) is 6.07 Å². The molecular formula is C18H25N5O2. The molecule has 0 spiro atoms. The first-order valence-electron chi connectivity index (χ1n) is 8.92. The van der Waals surface area contributed by atoms with Crippen LogP contribution in [-0.4, -0.2) is 69.9 Å². The maximum Gasteiger partial charge on any atom is 0.257 e. The summed E-state index contributed by atoms with van der Waals surface area (Å²) in [5.74, 6) is 0.989. The molecule has 7 heteroatoms. The van der Waals surface area contributed by atoms with Gasteiger partial charge in [0.25, 0.3) is 5.91 Å². The third-order valence-electron chi connectivity index (χ3n) is 5.39. The Balaban J connectivity index is 1.48. The summed E-state index contributed by atoms with van der Waals surface area (Å²) < 4.78 is 7.34. The van der Waals surface area contributed by atoms with E-state index >= 15 is 0 Å². The lowest BCUT2D eigenvalue weighted by atomic mass is 10.1.